The third kappa shape index (κ3) is 3.85. The second-order valence-corrected chi connectivity index (χ2v) is 6.84. The van der Waals surface area contributed by atoms with Gasteiger partial charge in [0.25, 0.3) is 0 Å². The molecule has 2 aromatic rings. The summed E-state index contributed by atoms with van der Waals surface area (Å²) in [4.78, 5) is 17.3. The lowest BCUT2D eigenvalue weighted by Gasteiger charge is -2.36. The van der Waals surface area contributed by atoms with E-state index in [2.05, 4.69) is 54.0 Å². The Morgan fingerprint density at radius 2 is 1.62 bits per heavy atom. The molecular formula is C21H26N2O. The largest absolute Gasteiger partial charge is 0.369 e. The Kier molecular flexibility index (Phi) is 5.00. The molecule has 1 aliphatic heterocycles. The van der Waals surface area contributed by atoms with E-state index in [4.69, 9.17) is 0 Å². The topological polar surface area (TPSA) is 23.6 Å². The highest BCUT2D eigenvalue weighted by molar-refractivity contribution is 5.99. The molecule has 3 nitrogen and oxygen atoms in total. The van der Waals surface area contributed by atoms with Crippen LogP contribution in [0.25, 0.3) is 0 Å². The lowest BCUT2D eigenvalue weighted by atomic mass is 10.0. The van der Waals surface area contributed by atoms with Crippen LogP contribution in [0.4, 0.5) is 5.69 Å². The Balaban J connectivity index is 1.58. The molecule has 3 heteroatoms. The number of carbonyl (C=O) groups excluding carboxylic acids is 1. The fourth-order valence-corrected chi connectivity index (χ4v) is 3.40. The van der Waals surface area contributed by atoms with Crippen LogP contribution < -0.4 is 4.90 Å². The van der Waals surface area contributed by atoms with Gasteiger partial charge in [-0.3, -0.25) is 9.69 Å². The zero-order chi connectivity index (χ0) is 17.1. The van der Waals surface area contributed by atoms with Gasteiger partial charge in [0.1, 0.15) is 0 Å². The van der Waals surface area contributed by atoms with E-state index in [1.54, 1.807) is 0 Å². The number of piperazine rings is 1. The van der Waals surface area contributed by atoms with Crippen LogP contribution in [-0.4, -0.2) is 43.4 Å². The second-order valence-electron chi connectivity index (χ2n) is 6.84. The Hall–Kier alpha value is -2.13. The Morgan fingerprint density at radius 3 is 2.29 bits per heavy atom. The van der Waals surface area contributed by atoms with Crippen molar-refractivity contribution in [1.82, 2.24) is 4.90 Å². The molecule has 2 aromatic carbocycles. The summed E-state index contributed by atoms with van der Waals surface area (Å²) in [7, 11) is 0. The standard InChI is InChI=1S/C21H26N2O/c1-16-5-4-6-19(14-16)23-11-9-22(10-12-23)15-21(24)20-8-7-17(2)13-18(20)3/h4-8,13-14H,9-12,15H2,1-3H3. The smallest absolute Gasteiger partial charge is 0.177 e. The molecule has 0 bridgehead atoms. The van der Waals surface area contributed by atoms with Crippen molar-refractivity contribution in [3.63, 3.8) is 0 Å². The average molecular weight is 322 g/mol. The first-order valence-electron chi connectivity index (χ1n) is 8.67. The molecule has 1 saturated heterocycles. The predicted octanol–water partition coefficient (Wildman–Crippen LogP) is 3.62. The molecule has 0 atom stereocenters. The number of nitrogens with zero attached hydrogens (tertiary/aromatic N) is 2. The van der Waals surface area contributed by atoms with E-state index in [0.29, 0.717) is 6.54 Å². The van der Waals surface area contributed by atoms with E-state index < -0.39 is 0 Å². The maximum absolute atomic E-state index is 12.6. The maximum Gasteiger partial charge on any atom is 0.177 e. The molecule has 0 N–H and O–H groups in total. The fraction of sp³-hybridized carbons (Fsp3) is 0.381. The normalized spacial score (nSPS) is 15.5. The van der Waals surface area contributed by atoms with Crippen molar-refractivity contribution in [2.24, 2.45) is 0 Å². The first kappa shape index (κ1) is 16.7. The van der Waals surface area contributed by atoms with Crippen molar-refractivity contribution in [1.29, 1.82) is 0 Å². The number of rotatable bonds is 4. The van der Waals surface area contributed by atoms with Crippen LogP contribution in [0.15, 0.2) is 42.5 Å². The quantitative estimate of drug-likeness (QED) is 0.803. The van der Waals surface area contributed by atoms with E-state index in [0.717, 1.165) is 37.3 Å². The van der Waals surface area contributed by atoms with Gasteiger partial charge >= 0.3 is 0 Å². The maximum atomic E-state index is 12.6. The molecule has 126 valence electrons. The highest BCUT2D eigenvalue weighted by Crippen LogP contribution is 2.18. The Bertz CT molecular complexity index is 730. The van der Waals surface area contributed by atoms with Crippen molar-refractivity contribution in [2.45, 2.75) is 20.8 Å². The van der Waals surface area contributed by atoms with E-state index in [9.17, 15) is 4.79 Å². The van der Waals surface area contributed by atoms with Gasteiger partial charge in [-0.15, -0.1) is 0 Å². The summed E-state index contributed by atoms with van der Waals surface area (Å²) >= 11 is 0. The van der Waals surface area contributed by atoms with Crippen LogP contribution in [-0.2, 0) is 0 Å². The highest BCUT2D eigenvalue weighted by atomic mass is 16.1. The molecule has 0 aromatic heterocycles. The molecule has 0 unspecified atom stereocenters. The number of benzene rings is 2. The van der Waals surface area contributed by atoms with Crippen LogP contribution in [0.3, 0.4) is 0 Å². The first-order chi connectivity index (χ1) is 11.5. The number of ketones is 1. The lowest BCUT2D eigenvalue weighted by molar-refractivity contribution is 0.0926. The zero-order valence-electron chi connectivity index (χ0n) is 14.9. The average Bonchev–Trinajstić information content (AvgIpc) is 2.55. The summed E-state index contributed by atoms with van der Waals surface area (Å²) < 4.78 is 0. The van der Waals surface area contributed by atoms with Crippen molar-refractivity contribution >= 4 is 11.5 Å². The van der Waals surface area contributed by atoms with E-state index in [-0.39, 0.29) is 5.78 Å². The SMILES string of the molecule is Cc1cccc(N2CCN(CC(=O)c3ccc(C)cc3C)CC2)c1. The van der Waals surface area contributed by atoms with Gasteiger partial charge in [0, 0.05) is 37.4 Å². The van der Waals surface area contributed by atoms with Gasteiger partial charge in [-0.2, -0.15) is 0 Å². The van der Waals surface area contributed by atoms with Gasteiger partial charge in [-0.1, -0.05) is 35.9 Å². The summed E-state index contributed by atoms with van der Waals surface area (Å²) in [5, 5.41) is 0. The molecule has 1 fully saturated rings. The molecular weight excluding hydrogens is 296 g/mol. The number of Topliss-reactive ketones (excluding diaryl/α,β-unsaturated/α-hetero) is 1. The van der Waals surface area contributed by atoms with Crippen molar-refractivity contribution < 1.29 is 4.79 Å². The van der Waals surface area contributed by atoms with Crippen molar-refractivity contribution in [3.8, 4) is 0 Å². The Labute approximate surface area is 144 Å². The number of carbonyl (C=O) groups is 1. The van der Waals surface area contributed by atoms with Crippen LogP contribution in [0.5, 0.6) is 0 Å². The summed E-state index contributed by atoms with van der Waals surface area (Å²) in [5.41, 5.74) is 5.73. The van der Waals surface area contributed by atoms with Gasteiger partial charge in [0.2, 0.25) is 0 Å². The molecule has 1 heterocycles. The van der Waals surface area contributed by atoms with Crippen LogP contribution in [0, 0.1) is 20.8 Å². The van der Waals surface area contributed by atoms with Crippen LogP contribution in [0.2, 0.25) is 0 Å². The summed E-state index contributed by atoms with van der Waals surface area (Å²) in [6.07, 6.45) is 0. The van der Waals surface area contributed by atoms with Gasteiger partial charge in [-0.25, -0.2) is 0 Å². The van der Waals surface area contributed by atoms with E-state index >= 15 is 0 Å². The van der Waals surface area contributed by atoms with Crippen LogP contribution in [0.1, 0.15) is 27.0 Å². The highest BCUT2D eigenvalue weighted by Gasteiger charge is 2.20. The fourth-order valence-electron chi connectivity index (χ4n) is 3.40. The molecule has 0 aliphatic carbocycles. The van der Waals surface area contributed by atoms with Crippen LogP contribution >= 0.6 is 0 Å². The molecule has 0 spiro atoms. The lowest BCUT2D eigenvalue weighted by Crippen LogP contribution is -2.48. The van der Waals surface area contributed by atoms with Crippen molar-refractivity contribution in [2.75, 3.05) is 37.6 Å². The molecule has 0 saturated carbocycles. The summed E-state index contributed by atoms with van der Waals surface area (Å²) in [6, 6.07) is 14.7. The Morgan fingerprint density at radius 1 is 0.917 bits per heavy atom. The van der Waals surface area contributed by atoms with Gasteiger partial charge < -0.3 is 4.90 Å². The number of hydrogen-bond donors (Lipinski definition) is 0. The van der Waals surface area contributed by atoms with E-state index in [1.165, 1.54) is 16.8 Å². The van der Waals surface area contributed by atoms with Gasteiger partial charge in [0.05, 0.1) is 6.54 Å². The van der Waals surface area contributed by atoms with E-state index in [1.807, 2.05) is 19.1 Å². The minimum Gasteiger partial charge on any atom is -0.369 e. The molecule has 3 rings (SSSR count). The monoisotopic (exact) mass is 322 g/mol. The molecule has 0 amide bonds. The minimum atomic E-state index is 0.233. The summed E-state index contributed by atoms with van der Waals surface area (Å²) in [5.74, 6) is 0.233. The molecule has 1 aliphatic rings. The second kappa shape index (κ2) is 7.18. The van der Waals surface area contributed by atoms with Crippen molar-refractivity contribution in [3.05, 3.63) is 64.7 Å². The summed E-state index contributed by atoms with van der Waals surface area (Å²) in [6.45, 7) is 10.6. The number of anilines is 1. The van der Waals surface area contributed by atoms with Gasteiger partial charge in [0.15, 0.2) is 5.78 Å². The predicted molar refractivity (Wildman–Crippen MR) is 100 cm³/mol. The first-order valence-corrected chi connectivity index (χ1v) is 8.67. The third-order valence-electron chi connectivity index (χ3n) is 4.79. The minimum absolute atomic E-state index is 0.233. The molecule has 24 heavy (non-hydrogen) atoms. The third-order valence-corrected chi connectivity index (χ3v) is 4.79. The number of hydrogen-bond acceptors (Lipinski definition) is 3. The van der Waals surface area contributed by atoms with Gasteiger partial charge in [-0.05, 0) is 44.0 Å². The molecule has 0 radical (unpaired) electrons. The number of aryl methyl sites for hydroxylation is 3. The zero-order valence-corrected chi connectivity index (χ0v) is 14.9.